The molecule has 1 saturated heterocycles. The minimum atomic E-state index is -3.45. The topological polar surface area (TPSA) is 66.5 Å². The fourth-order valence-corrected chi connectivity index (χ4v) is 4.76. The molecule has 1 heterocycles. The standard InChI is InChI=1S/C17H23ClN2O3S/c18-15-4-6-16(7-5-15)24(22,23)20-10-8-13(9-11-20)12-19-17(21)14-2-1-3-14/h4-7,13-14H,1-3,8-12H2,(H,19,21). The maximum Gasteiger partial charge on any atom is 0.243 e. The number of carbonyl (C=O) groups is 1. The van der Waals surface area contributed by atoms with Crippen molar-refractivity contribution >= 4 is 27.5 Å². The maximum atomic E-state index is 12.6. The first kappa shape index (κ1) is 17.7. The van der Waals surface area contributed by atoms with Crippen molar-refractivity contribution in [1.29, 1.82) is 0 Å². The lowest BCUT2D eigenvalue weighted by Crippen LogP contribution is -2.43. The van der Waals surface area contributed by atoms with E-state index in [4.69, 9.17) is 11.6 Å². The zero-order valence-electron chi connectivity index (χ0n) is 13.6. The normalized spacial score (nSPS) is 20.5. The number of halogens is 1. The molecule has 0 aromatic heterocycles. The molecule has 1 saturated carbocycles. The number of sulfonamides is 1. The molecule has 1 N–H and O–H groups in total. The van der Waals surface area contributed by atoms with Crippen LogP contribution in [0, 0.1) is 11.8 Å². The third-order valence-corrected chi connectivity index (χ3v) is 7.23. The lowest BCUT2D eigenvalue weighted by molar-refractivity contribution is -0.127. The SMILES string of the molecule is O=C(NCC1CCN(S(=O)(=O)c2ccc(Cl)cc2)CC1)C1CCC1. The van der Waals surface area contributed by atoms with E-state index >= 15 is 0 Å². The molecule has 0 atom stereocenters. The predicted molar refractivity (Wildman–Crippen MR) is 93.3 cm³/mol. The van der Waals surface area contributed by atoms with Gasteiger partial charge in [0.05, 0.1) is 4.90 Å². The fraction of sp³-hybridized carbons (Fsp3) is 0.588. The van der Waals surface area contributed by atoms with Gasteiger partial charge in [-0.05, 0) is 55.9 Å². The second-order valence-electron chi connectivity index (χ2n) is 6.67. The van der Waals surface area contributed by atoms with Crippen LogP contribution in [0.15, 0.2) is 29.2 Å². The molecule has 0 bridgehead atoms. The van der Waals surface area contributed by atoms with E-state index < -0.39 is 10.0 Å². The summed E-state index contributed by atoms with van der Waals surface area (Å²) in [6.07, 6.45) is 4.71. The van der Waals surface area contributed by atoms with Gasteiger partial charge >= 0.3 is 0 Å². The van der Waals surface area contributed by atoms with Crippen molar-refractivity contribution in [2.75, 3.05) is 19.6 Å². The Morgan fingerprint density at radius 1 is 1.12 bits per heavy atom. The lowest BCUT2D eigenvalue weighted by Gasteiger charge is -2.32. The molecule has 2 aliphatic rings. The number of carbonyl (C=O) groups excluding carboxylic acids is 1. The monoisotopic (exact) mass is 370 g/mol. The lowest BCUT2D eigenvalue weighted by atomic mass is 9.84. The van der Waals surface area contributed by atoms with Crippen LogP contribution in [0.1, 0.15) is 32.1 Å². The van der Waals surface area contributed by atoms with Crippen molar-refractivity contribution in [3.05, 3.63) is 29.3 Å². The van der Waals surface area contributed by atoms with E-state index in [0.717, 1.165) is 32.1 Å². The summed E-state index contributed by atoms with van der Waals surface area (Å²) < 4.78 is 26.8. The number of amides is 1. The Labute approximate surface area is 148 Å². The van der Waals surface area contributed by atoms with Crippen molar-refractivity contribution in [2.45, 2.75) is 37.0 Å². The molecule has 1 aliphatic heterocycles. The second-order valence-corrected chi connectivity index (χ2v) is 9.05. The fourth-order valence-electron chi connectivity index (χ4n) is 3.17. The average molecular weight is 371 g/mol. The van der Waals surface area contributed by atoms with Gasteiger partial charge in [0.1, 0.15) is 0 Å². The van der Waals surface area contributed by atoms with Crippen LogP contribution in [0.25, 0.3) is 0 Å². The van der Waals surface area contributed by atoms with E-state index in [2.05, 4.69) is 5.32 Å². The molecule has 1 aromatic carbocycles. The summed E-state index contributed by atoms with van der Waals surface area (Å²) in [5.74, 6) is 0.721. The number of hydrogen-bond donors (Lipinski definition) is 1. The molecule has 0 radical (unpaired) electrons. The molecule has 3 rings (SSSR count). The van der Waals surface area contributed by atoms with Gasteiger partial charge in [-0.3, -0.25) is 4.79 Å². The van der Waals surface area contributed by atoms with Crippen LogP contribution in [-0.4, -0.2) is 38.3 Å². The zero-order chi connectivity index (χ0) is 17.2. The maximum absolute atomic E-state index is 12.6. The van der Waals surface area contributed by atoms with Crippen LogP contribution < -0.4 is 5.32 Å². The number of piperidine rings is 1. The van der Waals surface area contributed by atoms with Gasteiger partial charge in [0.25, 0.3) is 0 Å². The van der Waals surface area contributed by atoms with E-state index in [1.54, 1.807) is 24.3 Å². The van der Waals surface area contributed by atoms with Crippen LogP contribution >= 0.6 is 11.6 Å². The Balaban J connectivity index is 1.50. The van der Waals surface area contributed by atoms with Gasteiger partial charge in [-0.25, -0.2) is 8.42 Å². The quantitative estimate of drug-likeness (QED) is 0.866. The summed E-state index contributed by atoms with van der Waals surface area (Å²) in [4.78, 5) is 12.2. The largest absolute Gasteiger partial charge is 0.356 e. The van der Waals surface area contributed by atoms with Gasteiger partial charge in [-0.2, -0.15) is 4.31 Å². The first-order chi connectivity index (χ1) is 11.5. The number of benzene rings is 1. The highest BCUT2D eigenvalue weighted by molar-refractivity contribution is 7.89. The van der Waals surface area contributed by atoms with E-state index in [0.29, 0.717) is 30.6 Å². The first-order valence-corrected chi connectivity index (χ1v) is 10.3. The van der Waals surface area contributed by atoms with Crippen LogP contribution in [0.2, 0.25) is 5.02 Å². The van der Waals surface area contributed by atoms with Gasteiger partial charge in [-0.15, -0.1) is 0 Å². The predicted octanol–water partition coefficient (Wildman–Crippen LogP) is 2.66. The van der Waals surface area contributed by atoms with Crippen molar-refractivity contribution < 1.29 is 13.2 Å². The minimum absolute atomic E-state index is 0.164. The Morgan fingerprint density at radius 3 is 2.29 bits per heavy atom. The summed E-state index contributed by atoms with van der Waals surface area (Å²) >= 11 is 5.82. The molecule has 7 heteroatoms. The van der Waals surface area contributed by atoms with Crippen molar-refractivity contribution in [3.63, 3.8) is 0 Å². The Hall–Kier alpha value is -1.11. The van der Waals surface area contributed by atoms with Crippen LogP contribution in [0.3, 0.4) is 0 Å². The Bertz CT molecular complexity index is 678. The van der Waals surface area contributed by atoms with Crippen LogP contribution in [0.4, 0.5) is 0 Å². The molecular weight excluding hydrogens is 348 g/mol. The molecule has 1 aliphatic carbocycles. The van der Waals surface area contributed by atoms with Gasteiger partial charge in [0.2, 0.25) is 15.9 Å². The van der Waals surface area contributed by atoms with Gasteiger partial charge in [-0.1, -0.05) is 18.0 Å². The van der Waals surface area contributed by atoms with E-state index in [9.17, 15) is 13.2 Å². The zero-order valence-corrected chi connectivity index (χ0v) is 15.2. The molecular formula is C17H23ClN2O3S. The highest BCUT2D eigenvalue weighted by Gasteiger charge is 2.30. The van der Waals surface area contributed by atoms with Crippen LogP contribution in [0.5, 0.6) is 0 Å². The van der Waals surface area contributed by atoms with E-state index in [-0.39, 0.29) is 16.7 Å². The van der Waals surface area contributed by atoms with Crippen molar-refractivity contribution in [2.24, 2.45) is 11.8 Å². The van der Waals surface area contributed by atoms with E-state index in [1.165, 1.54) is 4.31 Å². The molecule has 2 fully saturated rings. The molecule has 24 heavy (non-hydrogen) atoms. The molecule has 1 amide bonds. The molecule has 132 valence electrons. The summed E-state index contributed by atoms with van der Waals surface area (Å²) in [6.45, 7) is 1.65. The molecule has 5 nitrogen and oxygen atoms in total. The highest BCUT2D eigenvalue weighted by Crippen LogP contribution is 2.27. The van der Waals surface area contributed by atoms with Gasteiger partial charge in [0, 0.05) is 30.6 Å². The molecule has 1 aromatic rings. The summed E-state index contributed by atoms with van der Waals surface area (Å²) in [5.41, 5.74) is 0. The number of rotatable bonds is 5. The first-order valence-electron chi connectivity index (χ1n) is 8.50. The van der Waals surface area contributed by atoms with Gasteiger partial charge < -0.3 is 5.32 Å². The summed E-state index contributed by atoms with van der Waals surface area (Å²) in [5, 5.41) is 3.55. The number of nitrogens with zero attached hydrogens (tertiary/aromatic N) is 1. The summed E-state index contributed by atoms with van der Waals surface area (Å²) in [6, 6.07) is 6.28. The van der Waals surface area contributed by atoms with Crippen molar-refractivity contribution in [3.8, 4) is 0 Å². The summed E-state index contributed by atoms with van der Waals surface area (Å²) in [7, 11) is -3.45. The average Bonchev–Trinajstić information content (AvgIpc) is 2.52. The smallest absolute Gasteiger partial charge is 0.243 e. The second kappa shape index (κ2) is 7.42. The molecule has 0 unspecified atom stereocenters. The Kier molecular flexibility index (Phi) is 5.47. The molecule has 0 spiro atoms. The minimum Gasteiger partial charge on any atom is -0.356 e. The third-order valence-electron chi connectivity index (χ3n) is 5.07. The number of hydrogen-bond acceptors (Lipinski definition) is 3. The van der Waals surface area contributed by atoms with E-state index in [1.807, 2.05) is 0 Å². The Morgan fingerprint density at radius 2 is 1.75 bits per heavy atom. The number of nitrogens with one attached hydrogen (secondary N) is 1. The highest BCUT2D eigenvalue weighted by atomic mass is 35.5. The van der Waals surface area contributed by atoms with Crippen molar-refractivity contribution in [1.82, 2.24) is 9.62 Å². The van der Waals surface area contributed by atoms with Gasteiger partial charge in [0.15, 0.2) is 0 Å². The van der Waals surface area contributed by atoms with Crippen LogP contribution in [-0.2, 0) is 14.8 Å². The third kappa shape index (κ3) is 3.92.